The lowest BCUT2D eigenvalue weighted by Gasteiger charge is -2.22. The Bertz CT molecular complexity index is 653. The topological polar surface area (TPSA) is 70.1 Å². The number of hydrogen-bond acceptors (Lipinski definition) is 4. The number of primary amides is 1. The Morgan fingerprint density at radius 1 is 1.50 bits per heavy atom. The molecule has 0 bridgehead atoms. The van der Waals surface area contributed by atoms with Crippen molar-refractivity contribution in [1.82, 2.24) is 9.78 Å². The van der Waals surface area contributed by atoms with Gasteiger partial charge in [-0.2, -0.15) is 5.10 Å². The van der Waals surface area contributed by atoms with Crippen LogP contribution in [0.1, 0.15) is 46.7 Å². The SMILES string of the molecule is CCc1c(C(N)=O)sc2c1c(C)nn2C1CCOCC1. The minimum atomic E-state index is -0.332. The van der Waals surface area contributed by atoms with Crippen LogP contribution in [0.2, 0.25) is 0 Å². The molecule has 2 aromatic heterocycles. The third kappa shape index (κ3) is 2.03. The highest BCUT2D eigenvalue weighted by atomic mass is 32.1. The lowest BCUT2D eigenvalue weighted by molar-refractivity contribution is 0.0675. The van der Waals surface area contributed by atoms with Gasteiger partial charge in [0.1, 0.15) is 4.83 Å². The van der Waals surface area contributed by atoms with Gasteiger partial charge < -0.3 is 10.5 Å². The first-order valence-corrected chi connectivity index (χ1v) is 7.83. The molecule has 2 aromatic rings. The van der Waals surface area contributed by atoms with E-state index < -0.39 is 0 Å². The molecule has 0 radical (unpaired) electrons. The van der Waals surface area contributed by atoms with Crippen molar-refractivity contribution in [3.8, 4) is 0 Å². The summed E-state index contributed by atoms with van der Waals surface area (Å²) in [5.74, 6) is -0.332. The quantitative estimate of drug-likeness (QED) is 0.944. The number of rotatable bonds is 3. The van der Waals surface area contributed by atoms with Gasteiger partial charge in [-0.3, -0.25) is 9.48 Å². The van der Waals surface area contributed by atoms with E-state index >= 15 is 0 Å². The summed E-state index contributed by atoms with van der Waals surface area (Å²) in [4.78, 5) is 13.4. The summed E-state index contributed by atoms with van der Waals surface area (Å²) < 4.78 is 7.50. The second-order valence-corrected chi connectivity index (χ2v) is 6.18. The average Bonchev–Trinajstić information content (AvgIpc) is 2.98. The molecule has 108 valence electrons. The summed E-state index contributed by atoms with van der Waals surface area (Å²) in [6.07, 6.45) is 2.75. The molecule has 1 aliphatic rings. The van der Waals surface area contributed by atoms with Gasteiger partial charge in [0, 0.05) is 18.6 Å². The molecule has 5 nitrogen and oxygen atoms in total. The Morgan fingerprint density at radius 3 is 2.80 bits per heavy atom. The van der Waals surface area contributed by atoms with Crippen LogP contribution in [0.4, 0.5) is 0 Å². The zero-order chi connectivity index (χ0) is 14.3. The molecular weight excluding hydrogens is 274 g/mol. The molecule has 3 heterocycles. The maximum Gasteiger partial charge on any atom is 0.259 e. The molecule has 0 aliphatic carbocycles. The van der Waals surface area contributed by atoms with Crippen LogP contribution in [-0.4, -0.2) is 28.9 Å². The van der Waals surface area contributed by atoms with Crippen LogP contribution in [-0.2, 0) is 11.2 Å². The Kier molecular flexibility index (Phi) is 3.52. The molecule has 6 heteroatoms. The van der Waals surface area contributed by atoms with Crippen LogP contribution in [0, 0.1) is 6.92 Å². The minimum Gasteiger partial charge on any atom is -0.381 e. The molecule has 1 saturated heterocycles. The lowest BCUT2D eigenvalue weighted by Crippen LogP contribution is -2.20. The number of fused-ring (bicyclic) bond motifs is 1. The number of ether oxygens (including phenoxy) is 1. The van der Waals surface area contributed by atoms with Crippen LogP contribution in [0.15, 0.2) is 0 Å². The standard InChI is InChI=1S/C14H19N3O2S/c1-3-10-11-8(2)16-17(9-4-6-19-7-5-9)14(11)20-12(10)13(15)18/h9H,3-7H2,1-2H3,(H2,15,18). The van der Waals surface area contributed by atoms with Gasteiger partial charge in [0.25, 0.3) is 5.91 Å². The summed E-state index contributed by atoms with van der Waals surface area (Å²) in [7, 11) is 0. The number of nitrogens with two attached hydrogens (primary N) is 1. The third-order valence-electron chi connectivity index (χ3n) is 3.93. The first-order valence-electron chi connectivity index (χ1n) is 7.01. The molecule has 0 aromatic carbocycles. The highest BCUT2D eigenvalue weighted by Gasteiger charge is 2.25. The number of nitrogens with zero attached hydrogens (tertiary/aromatic N) is 2. The second-order valence-electron chi connectivity index (χ2n) is 5.18. The predicted molar refractivity (Wildman–Crippen MR) is 79.3 cm³/mol. The van der Waals surface area contributed by atoms with Crippen molar-refractivity contribution >= 4 is 27.5 Å². The number of aromatic nitrogens is 2. The summed E-state index contributed by atoms with van der Waals surface area (Å²) in [5.41, 5.74) is 7.56. The van der Waals surface area contributed by atoms with Crippen molar-refractivity contribution in [2.75, 3.05) is 13.2 Å². The lowest BCUT2D eigenvalue weighted by atomic mass is 10.1. The Hall–Kier alpha value is -1.40. The molecule has 0 saturated carbocycles. The van der Waals surface area contributed by atoms with Crippen molar-refractivity contribution in [3.63, 3.8) is 0 Å². The molecule has 2 N–H and O–H groups in total. The molecule has 20 heavy (non-hydrogen) atoms. The molecule has 1 fully saturated rings. The number of carbonyl (C=O) groups excluding carboxylic acids is 1. The zero-order valence-corrected chi connectivity index (χ0v) is 12.6. The molecular formula is C14H19N3O2S. The first-order chi connectivity index (χ1) is 9.63. The van der Waals surface area contributed by atoms with Crippen LogP contribution < -0.4 is 5.73 Å². The fraction of sp³-hybridized carbons (Fsp3) is 0.571. The van der Waals surface area contributed by atoms with Gasteiger partial charge in [0.05, 0.1) is 16.6 Å². The van der Waals surface area contributed by atoms with E-state index in [1.807, 2.05) is 6.92 Å². The maximum absolute atomic E-state index is 11.6. The smallest absolute Gasteiger partial charge is 0.259 e. The van der Waals surface area contributed by atoms with Crippen molar-refractivity contribution in [2.45, 2.75) is 39.2 Å². The van der Waals surface area contributed by atoms with Crippen molar-refractivity contribution < 1.29 is 9.53 Å². The molecule has 1 aliphatic heterocycles. The van der Waals surface area contributed by atoms with Crippen molar-refractivity contribution in [1.29, 1.82) is 0 Å². The molecule has 0 spiro atoms. The van der Waals surface area contributed by atoms with E-state index in [4.69, 9.17) is 15.6 Å². The van der Waals surface area contributed by atoms with Gasteiger partial charge >= 0.3 is 0 Å². The highest BCUT2D eigenvalue weighted by molar-refractivity contribution is 7.20. The van der Waals surface area contributed by atoms with Crippen molar-refractivity contribution in [2.24, 2.45) is 5.73 Å². The number of carbonyl (C=O) groups is 1. The van der Waals surface area contributed by atoms with E-state index in [1.165, 1.54) is 11.3 Å². The molecule has 0 atom stereocenters. The molecule has 0 unspecified atom stereocenters. The van der Waals surface area contributed by atoms with Crippen LogP contribution in [0.25, 0.3) is 10.2 Å². The Balaban J connectivity index is 2.17. The summed E-state index contributed by atoms with van der Waals surface area (Å²) in [5, 5.41) is 5.82. The summed E-state index contributed by atoms with van der Waals surface area (Å²) >= 11 is 1.48. The predicted octanol–water partition coefficient (Wildman–Crippen LogP) is 2.42. The van der Waals surface area contributed by atoms with Crippen molar-refractivity contribution in [3.05, 3.63) is 16.1 Å². The normalized spacial score (nSPS) is 16.9. The third-order valence-corrected chi connectivity index (χ3v) is 5.17. The number of thiophene rings is 1. The number of amides is 1. The highest BCUT2D eigenvalue weighted by Crippen LogP contribution is 2.36. The molecule has 1 amide bonds. The van der Waals surface area contributed by atoms with Gasteiger partial charge in [-0.15, -0.1) is 11.3 Å². The average molecular weight is 293 g/mol. The van der Waals surface area contributed by atoms with E-state index in [0.29, 0.717) is 10.9 Å². The van der Waals surface area contributed by atoms with Gasteiger partial charge in [0.15, 0.2) is 0 Å². The van der Waals surface area contributed by atoms with Crippen LogP contribution >= 0.6 is 11.3 Å². The van der Waals surface area contributed by atoms with E-state index in [9.17, 15) is 4.79 Å². The summed E-state index contributed by atoms with van der Waals surface area (Å²) in [6, 6.07) is 0.365. The largest absolute Gasteiger partial charge is 0.381 e. The zero-order valence-electron chi connectivity index (χ0n) is 11.8. The number of hydrogen-bond donors (Lipinski definition) is 1. The number of aryl methyl sites for hydroxylation is 2. The summed E-state index contributed by atoms with van der Waals surface area (Å²) in [6.45, 7) is 5.62. The Morgan fingerprint density at radius 2 is 2.20 bits per heavy atom. The second kappa shape index (κ2) is 5.18. The fourth-order valence-corrected chi connectivity index (χ4v) is 4.28. The minimum absolute atomic E-state index is 0.332. The van der Waals surface area contributed by atoms with Gasteiger partial charge in [-0.1, -0.05) is 6.92 Å². The maximum atomic E-state index is 11.6. The fourth-order valence-electron chi connectivity index (χ4n) is 2.96. The Labute approximate surface area is 121 Å². The monoisotopic (exact) mass is 293 g/mol. The van der Waals surface area contributed by atoms with E-state index in [0.717, 1.165) is 54.0 Å². The van der Waals surface area contributed by atoms with E-state index in [1.54, 1.807) is 0 Å². The van der Waals surface area contributed by atoms with Crippen LogP contribution in [0.3, 0.4) is 0 Å². The van der Waals surface area contributed by atoms with E-state index in [2.05, 4.69) is 11.6 Å². The van der Waals surface area contributed by atoms with E-state index in [-0.39, 0.29) is 5.91 Å². The van der Waals surface area contributed by atoms with Gasteiger partial charge in [0.2, 0.25) is 0 Å². The molecule has 3 rings (SSSR count). The van der Waals surface area contributed by atoms with Gasteiger partial charge in [-0.05, 0) is 31.7 Å². The first kappa shape index (κ1) is 13.6. The van der Waals surface area contributed by atoms with Crippen LogP contribution in [0.5, 0.6) is 0 Å². The van der Waals surface area contributed by atoms with Gasteiger partial charge in [-0.25, -0.2) is 0 Å².